The summed E-state index contributed by atoms with van der Waals surface area (Å²) in [5.74, 6) is 0. The molecule has 1 aromatic rings. The highest BCUT2D eigenvalue weighted by molar-refractivity contribution is 5.26. The zero-order chi connectivity index (χ0) is 67.9. The van der Waals surface area contributed by atoms with Crippen LogP contribution >= 0.6 is 0 Å². The van der Waals surface area contributed by atoms with E-state index in [-0.39, 0.29) is 31.2 Å². The second-order valence-corrected chi connectivity index (χ2v) is 26.3. The van der Waals surface area contributed by atoms with Crippen molar-refractivity contribution in [3.8, 4) is 0 Å². The van der Waals surface area contributed by atoms with Gasteiger partial charge in [0.15, 0.2) is 12.6 Å². The molecule has 92 heavy (non-hydrogen) atoms. The Hall–Kier alpha value is -1.92. The van der Waals surface area contributed by atoms with Crippen molar-refractivity contribution < 1.29 is 107 Å². The molecule has 0 aromatic heterocycles. The number of aliphatic hydroxyl groups excluding tert-OH is 12. The highest BCUT2D eigenvalue weighted by atomic mass is 19.4. The zero-order valence-electron chi connectivity index (χ0n) is 55.3. The third-order valence-corrected chi connectivity index (χ3v) is 18.4. The predicted molar refractivity (Wildman–Crippen MR) is 339 cm³/mol. The normalized spacial score (nSPS) is 25.1. The lowest BCUT2D eigenvalue weighted by molar-refractivity contribution is -0.303. The monoisotopic (exact) mass is 1340 g/mol. The third kappa shape index (κ3) is 32.6. The first kappa shape index (κ1) is 84.3. The number of hydrogen-bond donors (Lipinski definition) is 14. The van der Waals surface area contributed by atoms with Gasteiger partial charge in [0, 0.05) is 0 Å². The maximum Gasteiger partial charge on any atom is 0.407 e. The van der Waals surface area contributed by atoms with Crippen LogP contribution in [0.4, 0.5) is 26.3 Å². The van der Waals surface area contributed by atoms with E-state index in [9.17, 15) is 87.6 Å². The lowest BCUT2D eigenvalue weighted by Gasteiger charge is -2.40. The van der Waals surface area contributed by atoms with Crippen molar-refractivity contribution in [2.24, 2.45) is 0 Å². The summed E-state index contributed by atoms with van der Waals surface area (Å²) in [6.45, 7) is 1.41. The molecule has 18 nitrogen and oxygen atoms in total. The number of benzene rings is 1. The molecule has 18 atom stereocenters. The van der Waals surface area contributed by atoms with E-state index in [0.717, 1.165) is 95.5 Å². The molecule has 14 N–H and O–H groups in total. The highest BCUT2D eigenvalue weighted by Gasteiger charge is 2.48. The molecule has 10 unspecified atom stereocenters. The van der Waals surface area contributed by atoms with Gasteiger partial charge in [-0.2, -0.15) is 26.3 Å². The molecule has 0 spiro atoms. The quantitative estimate of drug-likeness (QED) is 0.0213. The molecule has 0 amide bonds. The number of nitrogens with one attached hydrogen (secondary N) is 2. The second-order valence-electron chi connectivity index (χ2n) is 26.3. The minimum atomic E-state index is -4.90. The van der Waals surface area contributed by atoms with E-state index in [4.69, 9.17) is 18.9 Å². The van der Waals surface area contributed by atoms with Crippen molar-refractivity contribution in [1.29, 1.82) is 0 Å². The van der Waals surface area contributed by atoms with E-state index in [1.165, 1.54) is 89.2 Å². The fraction of sp³-hybridized carbons (Fsp3) is 0.912. The molecule has 1 aromatic carbocycles. The van der Waals surface area contributed by atoms with Gasteiger partial charge in [0.25, 0.3) is 0 Å². The van der Waals surface area contributed by atoms with Crippen LogP contribution in [0.25, 0.3) is 0 Å². The van der Waals surface area contributed by atoms with Crippen LogP contribution in [0.1, 0.15) is 256 Å². The summed E-state index contributed by atoms with van der Waals surface area (Å²) in [6, 6.07) is -1.74. The van der Waals surface area contributed by atoms with Gasteiger partial charge in [-0.25, -0.2) is 0 Å². The summed E-state index contributed by atoms with van der Waals surface area (Å²) in [7, 11) is 0. The summed E-state index contributed by atoms with van der Waals surface area (Å²) < 4.78 is 111. The SMILES string of the molecule is CCCCCCCCCCCCCC[C@@H](O)[C@@H](O)[C@H](COC1OC(CO)C(O)C(O)C1O)N[C@@H](CCCCCCCCCCc1ccc([C@@H](N[C@H](COC2OC(CO)C(O)C(O)C2O)[C@@H](O)[C@@H](O)CCCCCCCCCCCCCC)C(F)(F)F)cc1)C(F)(F)F. The minimum absolute atomic E-state index is 0.0916. The standard InChI is InChI=1S/C68H122F6N2O16/c1-3-5-7-9-11-13-15-17-19-24-28-32-36-51(79)56(81)49(45-89-65-62(87)60(85)58(83)53(43-77)91-65)75-55(67(69,70)71)38-34-30-26-22-21-23-27-31-35-47-39-41-48(42-40-47)64(68(72,73)74)76-50(46-90-66-63(88)61(86)59(84)54(44-78)92-66)57(82)52(80)37-33-29-25-20-18-16-14-12-10-8-6-4-2/h39-42,49-66,75-88H,3-38,43-46H2,1-2H3/t49-,50+,51+,52-,53?,54?,55-,56-,57+,58?,59?,60?,61?,62?,63?,64+,65?,66?/m0/s1. The van der Waals surface area contributed by atoms with Gasteiger partial charge < -0.3 is 80.2 Å². The van der Waals surface area contributed by atoms with Crippen molar-refractivity contribution in [3.05, 3.63) is 35.4 Å². The van der Waals surface area contributed by atoms with Gasteiger partial charge in [-0.05, 0) is 43.2 Å². The first-order chi connectivity index (χ1) is 44.0. The van der Waals surface area contributed by atoms with Gasteiger partial charge in [-0.3, -0.25) is 10.6 Å². The van der Waals surface area contributed by atoms with E-state index in [1.807, 2.05) is 0 Å². The highest BCUT2D eigenvalue weighted by Crippen LogP contribution is 2.35. The Labute approximate surface area is 544 Å². The van der Waals surface area contributed by atoms with Gasteiger partial charge in [-0.1, -0.05) is 237 Å². The van der Waals surface area contributed by atoms with Crippen molar-refractivity contribution in [1.82, 2.24) is 10.6 Å². The number of ether oxygens (including phenoxy) is 4. The maximum absolute atomic E-state index is 15.0. The molecule has 0 bridgehead atoms. The molecule has 24 heteroatoms. The average molecular weight is 1340 g/mol. The van der Waals surface area contributed by atoms with Gasteiger partial charge >= 0.3 is 12.4 Å². The van der Waals surface area contributed by atoms with Crippen molar-refractivity contribution >= 4 is 0 Å². The first-order valence-electron chi connectivity index (χ1n) is 35.3. The fourth-order valence-corrected chi connectivity index (χ4v) is 12.4. The Morgan fingerprint density at radius 2 is 0.739 bits per heavy atom. The Bertz CT molecular complexity index is 1940. The van der Waals surface area contributed by atoms with Crippen LogP contribution < -0.4 is 10.6 Å². The molecule has 3 rings (SSSR count). The summed E-state index contributed by atoms with van der Waals surface area (Å²) in [6.07, 6.45) is -1.72. The minimum Gasteiger partial charge on any atom is -0.394 e. The van der Waals surface area contributed by atoms with Gasteiger partial charge in [-0.15, -0.1) is 0 Å². The third-order valence-electron chi connectivity index (χ3n) is 18.4. The molecule has 0 aliphatic carbocycles. The number of halogens is 6. The number of unbranched alkanes of at least 4 members (excludes halogenated alkanes) is 29. The van der Waals surface area contributed by atoms with Crippen molar-refractivity contribution in [2.75, 3.05) is 26.4 Å². The van der Waals surface area contributed by atoms with Crippen LogP contribution in [0.5, 0.6) is 0 Å². The number of hydrogen-bond acceptors (Lipinski definition) is 18. The molecule has 2 saturated heterocycles. The smallest absolute Gasteiger partial charge is 0.394 e. The topological polar surface area (TPSA) is 304 Å². The van der Waals surface area contributed by atoms with Crippen molar-refractivity contribution in [3.63, 3.8) is 0 Å². The average Bonchev–Trinajstić information content (AvgIpc) is 0.948. The molecule has 0 radical (unpaired) electrons. The van der Waals surface area contributed by atoms with Crippen LogP contribution in [0, 0.1) is 0 Å². The number of aliphatic hydroxyl groups is 12. The molecule has 2 aliphatic rings. The van der Waals surface area contributed by atoms with E-state index >= 15 is 0 Å². The molecular weight excluding hydrogens is 1210 g/mol. The zero-order valence-corrected chi connectivity index (χ0v) is 55.3. The second kappa shape index (κ2) is 47.9. The molecule has 2 fully saturated rings. The number of rotatable bonds is 54. The van der Waals surface area contributed by atoms with Gasteiger partial charge in [0.05, 0.1) is 62.9 Å². The number of alkyl halides is 6. The van der Waals surface area contributed by atoms with Crippen LogP contribution in [0.15, 0.2) is 24.3 Å². The summed E-state index contributed by atoms with van der Waals surface area (Å²) in [5, 5.41) is 131. The lowest BCUT2D eigenvalue weighted by Crippen LogP contribution is -2.61. The van der Waals surface area contributed by atoms with Crippen molar-refractivity contribution in [2.45, 2.75) is 367 Å². The van der Waals surface area contributed by atoms with E-state index < -0.39 is 149 Å². The van der Waals surface area contributed by atoms with E-state index in [1.54, 1.807) is 12.1 Å². The van der Waals surface area contributed by atoms with Gasteiger partial charge in [0.2, 0.25) is 0 Å². The Morgan fingerprint density at radius 3 is 1.08 bits per heavy atom. The molecule has 2 heterocycles. The van der Waals surface area contributed by atoms with Crippen LogP contribution in [0.3, 0.4) is 0 Å². The summed E-state index contributed by atoms with van der Waals surface area (Å²) in [5.41, 5.74) is 0.587. The maximum atomic E-state index is 15.0. The number of aryl methyl sites for hydroxylation is 1. The largest absolute Gasteiger partial charge is 0.407 e. The molecule has 2 aliphatic heterocycles. The van der Waals surface area contributed by atoms with Crippen LogP contribution in [0.2, 0.25) is 0 Å². The van der Waals surface area contributed by atoms with Gasteiger partial charge in [0.1, 0.15) is 60.9 Å². The van der Waals surface area contributed by atoms with Crippen LogP contribution in [-0.4, -0.2) is 204 Å². The fourth-order valence-electron chi connectivity index (χ4n) is 12.4. The van der Waals surface area contributed by atoms with E-state index in [0.29, 0.717) is 38.5 Å². The Balaban J connectivity index is 1.52. The van der Waals surface area contributed by atoms with E-state index in [2.05, 4.69) is 24.5 Å². The summed E-state index contributed by atoms with van der Waals surface area (Å²) >= 11 is 0. The summed E-state index contributed by atoms with van der Waals surface area (Å²) in [4.78, 5) is 0. The van der Waals surface area contributed by atoms with Crippen LogP contribution in [-0.2, 0) is 25.4 Å². The molecule has 542 valence electrons. The molecular formula is C68H122F6N2O16. The first-order valence-corrected chi connectivity index (χ1v) is 35.3. The molecule has 0 saturated carbocycles. The Morgan fingerprint density at radius 1 is 0.413 bits per heavy atom. The Kier molecular flexibility index (Phi) is 43.9. The lowest BCUT2D eigenvalue weighted by atomic mass is 9.96. The predicted octanol–water partition coefficient (Wildman–Crippen LogP) is 9.45.